The van der Waals surface area contributed by atoms with E-state index in [2.05, 4.69) is 5.32 Å². The number of nitrogens with one attached hydrogen (secondary N) is 1. The fourth-order valence-corrected chi connectivity index (χ4v) is 2.00. The highest BCUT2D eigenvalue weighted by molar-refractivity contribution is 6.31. The van der Waals surface area contributed by atoms with Crippen molar-refractivity contribution in [3.63, 3.8) is 0 Å². The van der Waals surface area contributed by atoms with E-state index in [1.807, 2.05) is 37.3 Å². The molecule has 0 heterocycles. The molecule has 0 atom stereocenters. The van der Waals surface area contributed by atoms with Crippen molar-refractivity contribution in [2.24, 2.45) is 0 Å². The summed E-state index contributed by atoms with van der Waals surface area (Å²) in [5.74, 6) is -0.109. The molecule has 0 spiro atoms. The number of halogens is 1. The minimum atomic E-state index is -0.109. The standard InChI is InChI=1S/C15H15ClN2O/c1-10-13(17)7-4-8-14(10)18-15(19)9-11-5-2-3-6-12(11)16/h2-8H,9,17H2,1H3,(H,18,19). The van der Waals surface area contributed by atoms with Crippen LogP contribution < -0.4 is 11.1 Å². The molecular formula is C15H15ClN2O. The van der Waals surface area contributed by atoms with Crippen LogP contribution in [0.4, 0.5) is 11.4 Å². The zero-order chi connectivity index (χ0) is 13.8. The van der Waals surface area contributed by atoms with E-state index >= 15 is 0 Å². The van der Waals surface area contributed by atoms with Crippen molar-refractivity contribution in [2.45, 2.75) is 13.3 Å². The molecule has 2 rings (SSSR count). The molecular weight excluding hydrogens is 260 g/mol. The number of anilines is 2. The van der Waals surface area contributed by atoms with E-state index in [0.29, 0.717) is 10.7 Å². The van der Waals surface area contributed by atoms with Gasteiger partial charge in [0.1, 0.15) is 0 Å². The SMILES string of the molecule is Cc1c(N)cccc1NC(=O)Cc1ccccc1Cl. The Hall–Kier alpha value is -2.00. The van der Waals surface area contributed by atoms with Gasteiger partial charge in [0.25, 0.3) is 0 Å². The van der Waals surface area contributed by atoms with E-state index in [4.69, 9.17) is 17.3 Å². The Balaban J connectivity index is 2.10. The van der Waals surface area contributed by atoms with E-state index in [9.17, 15) is 4.79 Å². The lowest BCUT2D eigenvalue weighted by atomic mass is 10.1. The van der Waals surface area contributed by atoms with Gasteiger partial charge < -0.3 is 11.1 Å². The summed E-state index contributed by atoms with van der Waals surface area (Å²) in [6.07, 6.45) is 0.244. The quantitative estimate of drug-likeness (QED) is 0.843. The molecule has 0 fully saturated rings. The van der Waals surface area contributed by atoms with Gasteiger partial charge in [-0.15, -0.1) is 0 Å². The van der Waals surface area contributed by atoms with E-state index in [-0.39, 0.29) is 12.3 Å². The lowest BCUT2D eigenvalue weighted by molar-refractivity contribution is -0.115. The first-order valence-electron chi connectivity index (χ1n) is 5.96. The van der Waals surface area contributed by atoms with Crippen LogP contribution in [0.15, 0.2) is 42.5 Å². The number of rotatable bonds is 3. The van der Waals surface area contributed by atoms with Gasteiger partial charge in [-0.3, -0.25) is 4.79 Å². The van der Waals surface area contributed by atoms with Crippen molar-refractivity contribution in [3.05, 3.63) is 58.6 Å². The molecule has 19 heavy (non-hydrogen) atoms. The Morgan fingerprint density at radius 2 is 1.95 bits per heavy atom. The molecule has 2 aromatic rings. The Labute approximate surface area is 117 Å². The maximum absolute atomic E-state index is 12.0. The van der Waals surface area contributed by atoms with Gasteiger partial charge in [-0.2, -0.15) is 0 Å². The molecule has 0 radical (unpaired) electrons. The minimum absolute atomic E-state index is 0.109. The molecule has 3 N–H and O–H groups in total. The number of amides is 1. The Morgan fingerprint density at radius 3 is 2.68 bits per heavy atom. The number of carbonyl (C=O) groups excluding carboxylic acids is 1. The van der Waals surface area contributed by atoms with Gasteiger partial charge >= 0.3 is 0 Å². The summed E-state index contributed by atoms with van der Waals surface area (Å²) in [7, 11) is 0. The smallest absolute Gasteiger partial charge is 0.228 e. The number of hydrogen-bond donors (Lipinski definition) is 2. The first kappa shape index (κ1) is 13.4. The highest BCUT2D eigenvalue weighted by Gasteiger charge is 2.09. The molecule has 2 aromatic carbocycles. The van der Waals surface area contributed by atoms with Crippen LogP contribution in [-0.2, 0) is 11.2 Å². The van der Waals surface area contributed by atoms with Gasteiger partial charge in [0.2, 0.25) is 5.91 Å². The predicted molar refractivity (Wildman–Crippen MR) is 79.4 cm³/mol. The fourth-order valence-electron chi connectivity index (χ4n) is 1.80. The highest BCUT2D eigenvalue weighted by atomic mass is 35.5. The average Bonchev–Trinajstić information content (AvgIpc) is 2.38. The first-order chi connectivity index (χ1) is 9.08. The zero-order valence-corrected chi connectivity index (χ0v) is 11.4. The number of benzene rings is 2. The van der Waals surface area contributed by atoms with Crippen LogP contribution in [0, 0.1) is 6.92 Å². The molecule has 1 amide bonds. The second-order valence-corrected chi connectivity index (χ2v) is 4.74. The second kappa shape index (κ2) is 5.76. The summed E-state index contributed by atoms with van der Waals surface area (Å²) in [6, 6.07) is 12.8. The molecule has 0 unspecified atom stereocenters. The number of hydrogen-bond acceptors (Lipinski definition) is 2. The second-order valence-electron chi connectivity index (χ2n) is 4.34. The van der Waals surface area contributed by atoms with Crippen molar-refractivity contribution < 1.29 is 4.79 Å². The van der Waals surface area contributed by atoms with E-state index in [1.165, 1.54) is 0 Å². The summed E-state index contributed by atoms with van der Waals surface area (Å²) < 4.78 is 0. The van der Waals surface area contributed by atoms with Crippen LogP contribution in [0.2, 0.25) is 5.02 Å². The van der Waals surface area contributed by atoms with Crippen molar-refractivity contribution in [3.8, 4) is 0 Å². The number of nitrogen functional groups attached to an aromatic ring is 1. The lowest BCUT2D eigenvalue weighted by Crippen LogP contribution is -2.15. The summed E-state index contributed by atoms with van der Waals surface area (Å²) in [5, 5.41) is 3.45. The Bertz CT molecular complexity index is 611. The predicted octanol–water partition coefficient (Wildman–Crippen LogP) is 3.41. The molecule has 0 aliphatic rings. The van der Waals surface area contributed by atoms with Crippen LogP contribution in [-0.4, -0.2) is 5.91 Å². The van der Waals surface area contributed by atoms with E-state index < -0.39 is 0 Å². The van der Waals surface area contributed by atoms with Gasteiger partial charge in [-0.25, -0.2) is 0 Å². The molecule has 0 saturated heterocycles. The number of carbonyl (C=O) groups is 1. The van der Waals surface area contributed by atoms with Crippen molar-refractivity contribution in [1.29, 1.82) is 0 Å². The molecule has 3 nitrogen and oxygen atoms in total. The van der Waals surface area contributed by atoms with Crippen LogP contribution >= 0.6 is 11.6 Å². The third kappa shape index (κ3) is 3.26. The highest BCUT2D eigenvalue weighted by Crippen LogP contribution is 2.21. The van der Waals surface area contributed by atoms with E-state index in [0.717, 1.165) is 16.8 Å². The van der Waals surface area contributed by atoms with Crippen molar-refractivity contribution >= 4 is 28.9 Å². The first-order valence-corrected chi connectivity index (χ1v) is 6.34. The largest absolute Gasteiger partial charge is 0.398 e. The molecule has 0 aromatic heterocycles. The molecule has 0 saturated carbocycles. The van der Waals surface area contributed by atoms with Gasteiger partial charge in [0.05, 0.1) is 6.42 Å². The molecule has 0 aliphatic heterocycles. The minimum Gasteiger partial charge on any atom is -0.398 e. The average molecular weight is 275 g/mol. The molecule has 0 aliphatic carbocycles. The Morgan fingerprint density at radius 1 is 1.21 bits per heavy atom. The van der Waals surface area contributed by atoms with Gasteiger partial charge in [0, 0.05) is 16.4 Å². The van der Waals surface area contributed by atoms with Crippen LogP contribution in [0.3, 0.4) is 0 Å². The van der Waals surface area contributed by atoms with Gasteiger partial charge in [-0.1, -0.05) is 35.9 Å². The summed E-state index contributed by atoms with van der Waals surface area (Å²) in [5.41, 5.74) is 8.88. The van der Waals surface area contributed by atoms with Crippen LogP contribution in [0.5, 0.6) is 0 Å². The van der Waals surface area contributed by atoms with Crippen LogP contribution in [0.25, 0.3) is 0 Å². The third-order valence-corrected chi connectivity index (χ3v) is 3.33. The van der Waals surface area contributed by atoms with Crippen LogP contribution in [0.1, 0.15) is 11.1 Å². The van der Waals surface area contributed by atoms with E-state index in [1.54, 1.807) is 12.1 Å². The summed E-state index contributed by atoms with van der Waals surface area (Å²) in [6.45, 7) is 1.88. The van der Waals surface area contributed by atoms with Crippen molar-refractivity contribution in [1.82, 2.24) is 0 Å². The summed E-state index contributed by atoms with van der Waals surface area (Å²) in [4.78, 5) is 12.0. The monoisotopic (exact) mass is 274 g/mol. The molecule has 0 bridgehead atoms. The molecule has 4 heteroatoms. The lowest BCUT2D eigenvalue weighted by Gasteiger charge is -2.10. The number of nitrogens with two attached hydrogens (primary N) is 1. The zero-order valence-electron chi connectivity index (χ0n) is 10.6. The normalized spacial score (nSPS) is 10.2. The Kier molecular flexibility index (Phi) is 4.07. The van der Waals surface area contributed by atoms with Crippen molar-refractivity contribution in [2.75, 3.05) is 11.1 Å². The van der Waals surface area contributed by atoms with Gasteiger partial charge in [0.15, 0.2) is 0 Å². The molecule has 98 valence electrons. The maximum atomic E-state index is 12.0. The third-order valence-electron chi connectivity index (χ3n) is 2.96. The van der Waals surface area contributed by atoms with Gasteiger partial charge in [-0.05, 0) is 36.2 Å². The maximum Gasteiger partial charge on any atom is 0.228 e. The topological polar surface area (TPSA) is 55.1 Å². The summed E-state index contributed by atoms with van der Waals surface area (Å²) >= 11 is 6.03. The fraction of sp³-hybridized carbons (Fsp3) is 0.133.